The van der Waals surface area contributed by atoms with Crippen molar-refractivity contribution in [2.75, 3.05) is 26.3 Å². The van der Waals surface area contributed by atoms with Crippen LogP contribution in [0.5, 0.6) is 0 Å². The lowest BCUT2D eigenvalue weighted by molar-refractivity contribution is -0.150. The Balaban J connectivity index is 1.44. The van der Waals surface area contributed by atoms with Crippen LogP contribution in [-0.2, 0) is 28.7 Å². The van der Waals surface area contributed by atoms with Crippen molar-refractivity contribution in [2.45, 2.75) is 112 Å². The zero-order valence-electron chi connectivity index (χ0n) is 28.5. The molecule has 2 bridgehead atoms. The number of rotatable bonds is 18. The Kier molecular flexibility index (Phi) is 13.1. The van der Waals surface area contributed by atoms with Gasteiger partial charge in [0, 0.05) is 37.0 Å². The Morgan fingerprint density at radius 2 is 1.84 bits per heavy atom. The molecule has 1 spiro atoms. The van der Waals surface area contributed by atoms with E-state index in [0.717, 1.165) is 50.5 Å². The smallest absolute Gasteiger partial charge is 0.306 e. The summed E-state index contributed by atoms with van der Waals surface area (Å²) in [6.45, 7) is 8.41. The normalized spacial score (nSPS) is 28.2. The van der Waals surface area contributed by atoms with E-state index in [2.05, 4.69) is 34.4 Å². The van der Waals surface area contributed by atoms with Crippen molar-refractivity contribution >= 4 is 39.6 Å². The van der Waals surface area contributed by atoms with E-state index in [1.807, 2.05) is 35.2 Å². The van der Waals surface area contributed by atoms with Gasteiger partial charge in [0.25, 0.3) is 0 Å². The van der Waals surface area contributed by atoms with E-state index in [-0.39, 0.29) is 54.2 Å². The van der Waals surface area contributed by atoms with Gasteiger partial charge in [0.1, 0.15) is 18.2 Å². The second kappa shape index (κ2) is 17.3. The number of hydrogen-bond acceptors (Lipinski definition) is 7. The highest BCUT2D eigenvalue weighted by atomic mass is 79.9. The van der Waals surface area contributed by atoms with Crippen molar-refractivity contribution in [2.24, 2.45) is 11.8 Å². The van der Waals surface area contributed by atoms with Crippen LogP contribution in [0.3, 0.4) is 0 Å². The molecule has 2 N–H and O–H groups in total. The maximum absolute atomic E-state index is 14.8. The fraction of sp³-hybridized carbons (Fsp3) is 0.632. The van der Waals surface area contributed by atoms with Gasteiger partial charge in [-0.1, -0.05) is 90.5 Å². The molecular formula is C38H52BrN3O7. The van der Waals surface area contributed by atoms with Crippen molar-refractivity contribution in [3.05, 3.63) is 61.2 Å². The van der Waals surface area contributed by atoms with Crippen molar-refractivity contribution < 1.29 is 33.8 Å². The first kappa shape index (κ1) is 37.2. The highest BCUT2D eigenvalue weighted by molar-refractivity contribution is 9.09. The minimum atomic E-state index is -1.16. The average Bonchev–Trinajstić information content (AvgIpc) is 3.71. The van der Waals surface area contributed by atoms with E-state index in [9.17, 15) is 24.3 Å². The molecule has 10 nitrogen and oxygen atoms in total. The zero-order chi connectivity index (χ0) is 35.0. The Morgan fingerprint density at radius 3 is 2.53 bits per heavy atom. The average molecular weight is 743 g/mol. The molecule has 5 rings (SSSR count). The first-order chi connectivity index (χ1) is 23.8. The molecule has 0 radical (unpaired) electrons. The number of halogens is 1. The third-order valence-electron chi connectivity index (χ3n) is 10.7. The molecule has 1 aromatic rings. The monoisotopic (exact) mass is 741 g/mol. The maximum atomic E-state index is 14.8. The van der Waals surface area contributed by atoms with E-state index >= 15 is 0 Å². The van der Waals surface area contributed by atoms with Gasteiger partial charge in [-0.15, -0.1) is 13.2 Å². The van der Waals surface area contributed by atoms with E-state index in [1.54, 1.807) is 17.1 Å². The van der Waals surface area contributed by atoms with E-state index in [4.69, 9.17) is 9.47 Å². The van der Waals surface area contributed by atoms with Crippen LogP contribution in [-0.4, -0.2) is 93.5 Å². The Hall–Kier alpha value is -3.02. The fourth-order valence-electron chi connectivity index (χ4n) is 8.45. The summed E-state index contributed by atoms with van der Waals surface area (Å²) in [5.74, 6) is -2.78. The molecule has 7 atom stereocenters. The standard InChI is InChI=1S/C38H52BrN3O7/c1-3-5-20-30(44)48-25-29(26-16-10-8-11-17-26)40-35(45)31-32-36(46)42(22-14-6-7-15-23-43)34(38(32)24-28(39)33(31)49-38)37(47)41(21-4-2)27-18-12-9-13-19-27/h3-4,8,10-11,16-17,27-29,31-34,43H,1-2,5-7,9,12-15,18-25H2,(H,40,45)/t28?,29-,31-,32+,33-,34-,38+/m1/s1. The molecule has 11 heteroatoms. The van der Waals surface area contributed by atoms with Crippen LogP contribution in [0.4, 0.5) is 0 Å². The number of amides is 3. The first-order valence-corrected chi connectivity index (χ1v) is 18.9. The number of nitrogens with zero attached hydrogens (tertiary/aromatic N) is 2. The van der Waals surface area contributed by atoms with E-state index < -0.39 is 35.6 Å². The third kappa shape index (κ3) is 7.99. The topological polar surface area (TPSA) is 125 Å². The van der Waals surface area contributed by atoms with Gasteiger partial charge in [0.15, 0.2) is 0 Å². The molecule has 4 aliphatic rings. The van der Waals surface area contributed by atoms with Crippen LogP contribution < -0.4 is 5.32 Å². The molecule has 3 aliphatic heterocycles. The number of ether oxygens (including phenoxy) is 2. The second-order valence-electron chi connectivity index (χ2n) is 13.9. The lowest BCUT2D eigenvalue weighted by Crippen LogP contribution is -2.58. The van der Waals surface area contributed by atoms with Crippen LogP contribution in [0, 0.1) is 11.8 Å². The second-order valence-corrected chi connectivity index (χ2v) is 15.1. The molecule has 49 heavy (non-hydrogen) atoms. The number of unbranched alkanes of at least 4 members (excludes halogenated alkanes) is 3. The number of carbonyl (C=O) groups is 4. The summed E-state index contributed by atoms with van der Waals surface area (Å²) in [6, 6.07) is 7.87. The van der Waals surface area contributed by atoms with Crippen LogP contribution in [0.1, 0.15) is 88.7 Å². The molecule has 1 saturated carbocycles. The number of benzene rings is 1. The summed E-state index contributed by atoms with van der Waals surface area (Å²) in [7, 11) is 0. The van der Waals surface area contributed by atoms with Crippen molar-refractivity contribution in [1.29, 1.82) is 0 Å². The molecule has 4 fully saturated rings. The van der Waals surface area contributed by atoms with Crippen molar-refractivity contribution in [1.82, 2.24) is 15.1 Å². The highest BCUT2D eigenvalue weighted by Crippen LogP contribution is 2.60. The largest absolute Gasteiger partial charge is 0.463 e. The first-order valence-electron chi connectivity index (χ1n) is 18.0. The lowest BCUT2D eigenvalue weighted by atomic mass is 9.70. The fourth-order valence-corrected chi connectivity index (χ4v) is 9.39. The number of nitrogens with one attached hydrogen (secondary N) is 1. The van der Waals surface area contributed by atoms with Crippen LogP contribution in [0.15, 0.2) is 55.6 Å². The number of aliphatic hydroxyl groups is 1. The van der Waals surface area contributed by atoms with Gasteiger partial charge < -0.3 is 29.7 Å². The van der Waals surface area contributed by atoms with Gasteiger partial charge in [-0.25, -0.2) is 0 Å². The number of fused-ring (bicyclic) bond motifs is 1. The van der Waals surface area contributed by atoms with Crippen molar-refractivity contribution in [3.63, 3.8) is 0 Å². The van der Waals surface area contributed by atoms with Crippen molar-refractivity contribution in [3.8, 4) is 0 Å². The molecular weight excluding hydrogens is 690 g/mol. The van der Waals surface area contributed by atoms with Crippen LogP contribution in [0.2, 0.25) is 0 Å². The summed E-state index contributed by atoms with van der Waals surface area (Å²) in [6.07, 6.45) is 12.0. The molecule has 0 aromatic heterocycles. The van der Waals surface area contributed by atoms with Gasteiger partial charge in [-0.2, -0.15) is 0 Å². The van der Waals surface area contributed by atoms with Gasteiger partial charge in [0.05, 0.1) is 24.0 Å². The Morgan fingerprint density at radius 1 is 1.10 bits per heavy atom. The molecule has 3 heterocycles. The van der Waals surface area contributed by atoms with Gasteiger partial charge in [-0.3, -0.25) is 19.2 Å². The van der Waals surface area contributed by atoms with Crippen LogP contribution >= 0.6 is 15.9 Å². The van der Waals surface area contributed by atoms with Gasteiger partial charge >= 0.3 is 5.97 Å². The third-order valence-corrected chi connectivity index (χ3v) is 11.6. The summed E-state index contributed by atoms with van der Waals surface area (Å²) < 4.78 is 12.4. The maximum Gasteiger partial charge on any atom is 0.306 e. The molecule has 1 aromatic carbocycles. The Labute approximate surface area is 298 Å². The molecule has 1 unspecified atom stereocenters. The number of carbonyl (C=O) groups excluding carboxylic acids is 4. The molecule has 3 amide bonds. The highest BCUT2D eigenvalue weighted by Gasteiger charge is 2.76. The van der Waals surface area contributed by atoms with Crippen LogP contribution in [0.25, 0.3) is 0 Å². The van der Waals surface area contributed by atoms with E-state index in [0.29, 0.717) is 38.8 Å². The molecule has 1 aliphatic carbocycles. The van der Waals surface area contributed by atoms with E-state index in [1.165, 1.54) is 0 Å². The lowest BCUT2D eigenvalue weighted by Gasteiger charge is -2.41. The minimum Gasteiger partial charge on any atom is -0.463 e. The number of alkyl halides is 1. The SMILES string of the molecule is C=CCCC(=O)OC[C@@H](NC(=O)[C@H]1[C@@H]2O[C@@]3(CC2Br)[C@@H]1C(=O)N(CCCCCCO)[C@@H]3C(=O)N(CC=C)C1CCCCC1)c1ccccc1. The number of allylic oxidation sites excluding steroid dienone is 1. The summed E-state index contributed by atoms with van der Waals surface area (Å²) in [4.78, 5) is 59.6. The zero-order valence-corrected chi connectivity index (χ0v) is 30.1. The number of hydrogen-bond donors (Lipinski definition) is 2. The number of likely N-dealkylation sites (tertiary alicyclic amines) is 1. The molecule has 268 valence electrons. The Bertz CT molecular complexity index is 1340. The van der Waals surface area contributed by atoms with Gasteiger partial charge in [-0.05, 0) is 44.1 Å². The quantitative estimate of drug-likeness (QED) is 0.0939. The summed E-state index contributed by atoms with van der Waals surface area (Å²) in [5, 5.41) is 12.4. The molecule has 3 saturated heterocycles. The predicted octanol–water partition coefficient (Wildman–Crippen LogP) is 5.00. The number of aliphatic hydroxyl groups excluding tert-OH is 1. The summed E-state index contributed by atoms with van der Waals surface area (Å²) in [5.41, 5.74) is -0.391. The number of esters is 1. The summed E-state index contributed by atoms with van der Waals surface area (Å²) >= 11 is 3.79. The van der Waals surface area contributed by atoms with Gasteiger partial charge in [0.2, 0.25) is 17.7 Å². The predicted molar refractivity (Wildman–Crippen MR) is 189 cm³/mol. The minimum absolute atomic E-state index is 0.0643.